The molecule has 0 aliphatic carbocycles. The van der Waals surface area contributed by atoms with Crippen molar-refractivity contribution in [1.82, 2.24) is 0 Å². The fourth-order valence-corrected chi connectivity index (χ4v) is 1.72. The Morgan fingerprint density at radius 1 is 1.14 bits per heavy atom. The molecule has 1 heterocycles. The minimum Gasteiger partial charge on any atom is -0.459 e. The Hall–Kier alpha value is -1.28. The molecule has 2 aromatic rings. The van der Waals surface area contributed by atoms with Crippen molar-refractivity contribution >= 4 is 11.0 Å². The van der Waals surface area contributed by atoms with Gasteiger partial charge in [0.15, 0.2) is 0 Å². The summed E-state index contributed by atoms with van der Waals surface area (Å²) >= 11 is 0. The van der Waals surface area contributed by atoms with Crippen molar-refractivity contribution in [2.75, 3.05) is 0 Å². The van der Waals surface area contributed by atoms with Crippen molar-refractivity contribution in [3.8, 4) is 0 Å². The molecule has 0 atom stereocenters. The van der Waals surface area contributed by atoms with Crippen LogP contribution < -0.4 is 5.73 Å². The fourth-order valence-electron chi connectivity index (χ4n) is 1.72. The van der Waals surface area contributed by atoms with E-state index in [0.29, 0.717) is 6.54 Å². The van der Waals surface area contributed by atoms with E-state index in [1.807, 2.05) is 0 Å². The molecule has 0 fully saturated rings. The molecule has 0 saturated carbocycles. The minimum atomic E-state index is 0.471. The molecule has 14 heavy (non-hydrogen) atoms. The molecule has 0 radical (unpaired) electrons. The maximum Gasteiger partial charge on any atom is 0.134 e. The van der Waals surface area contributed by atoms with Gasteiger partial charge in [0.25, 0.3) is 0 Å². The van der Waals surface area contributed by atoms with Gasteiger partial charge in [0.2, 0.25) is 0 Å². The van der Waals surface area contributed by atoms with Crippen LogP contribution in [0.25, 0.3) is 11.0 Å². The van der Waals surface area contributed by atoms with Gasteiger partial charge in [-0.3, -0.25) is 0 Å². The molecule has 0 bridgehead atoms. The quantitative estimate of drug-likeness (QED) is 0.749. The smallest absolute Gasteiger partial charge is 0.134 e. The molecule has 2 rings (SSSR count). The summed E-state index contributed by atoms with van der Waals surface area (Å²) in [7, 11) is 0. The van der Waals surface area contributed by atoms with E-state index in [9.17, 15) is 0 Å². The normalized spacial score (nSPS) is 11.1. The Balaban J connectivity index is 2.80. The van der Waals surface area contributed by atoms with Gasteiger partial charge < -0.3 is 10.2 Å². The lowest BCUT2D eigenvalue weighted by molar-refractivity contribution is 0.548. The van der Waals surface area contributed by atoms with E-state index < -0.39 is 0 Å². The zero-order chi connectivity index (χ0) is 10.3. The van der Waals surface area contributed by atoms with E-state index in [1.165, 1.54) is 22.1 Å². The highest BCUT2D eigenvalue weighted by molar-refractivity contribution is 5.83. The molecule has 0 unspecified atom stereocenters. The Bertz CT molecular complexity index is 483. The van der Waals surface area contributed by atoms with Crippen molar-refractivity contribution in [1.29, 1.82) is 0 Å². The van der Waals surface area contributed by atoms with Crippen LogP contribution in [0.4, 0.5) is 0 Å². The lowest BCUT2D eigenvalue weighted by Gasteiger charge is -1.98. The number of nitrogens with two attached hydrogens (primary N) is 1. The first-order chi connectivity index (χ1) is 6.63. The average Bonchev–Trinajstić information content (AvgIpc) is 2.45. The summed E-state index contributed by atoms with van der Waals surface area (Å²) in [6.07, 6.45) is 0. The molecular formula is C12H15NO. The predicted molar refractivity (Wildman–Crippen MR) is 58.3 cm³/mol. The maximum absolute atomic E-state index is 5.66. The SMILES string of the molecule is Cc1cc2oc(CN)c(C)c2cc1C. The van der Waals surface area contributed by atoms with Gasteiger partial charge in [0.05, 0.1) is 6.54 Å². The van der Waals surface area contributed by atoms with E-state index in [0.717, 1.165) is 11.3 Å². The van der Waals surface area contributed by atoms with Crippen LogP contribution in [0, 0.1) is 20.8 Å². The van der Waals surface area contributed by atoms with Crippen molar-refractivity contribution in [3.05, 3.63) is 34.6 Å². The molecule has 74 valence electrons. The fraction of sp³-hybridized carbons (Fsp3) is 0.333. The second-order valence-electron chi connectivity index (χ2n) is 3.79. The van der Waals surface area contributed by atoms with Crippen LogP contribution in [-0.2, 0) is 6.54 Å². The lowest BCUT2D eigenvalue weighted by atomic mass is 10.1. The summed E-state index contributed by atoms with van der Waals surface area (Å²) in [5.41, 5.74) is 10.3. The number of benzene rings is 1. The van der Waals surface area contributed by atoms with Gasteiger partial charge in [-0.1, -0.05) is 0 Å². The van der Waals surface area contributed by atoms with Gasteiger partial charge in [-0.2, -0.15) is 0 Å². The van der Waals surface area contributed by atoms with Crippen molar-refractivity contribution in [2.24, 2.45) is 5.73 Å². The maximum atomic E-state index is 5.66. The van der Waals surface area contributed by atoms with Crippen molar-refractivity contribution in [2.45, 2.75) is 27.3 Å². The zero-order valence-electron chi connectivity index (χ0n) is 8.85. The number of hydrogen-bond acceptors (Lipinski definition) is 2. The molecular weight excluding hydrogens is 174 g/mol. The lowest BCUT2D eigenvalue weighted by Crippen LogP contribution is -1.95. The number of furan rings is 1. The standard InChI is InChI=1S/C12H15NO/c1-7-4-10-9(3)12(6-13)14-11(10)5-8(7)2/h4-5H,6,13H2,1-3H3. The van der Waals surface area contributed by atoms with Crippen LogP contribution in [0.1, 0.15) is 22.5 Å². The molecule has 2 nitrogen and oxygen atoms in total. The number of fused-ring (bicyclic) bond motifs is 1. The van der Waals surface area contributed by atoms with Crippen LogP contribution in [0.2, 0.25) is 0 Å². The first-order valence-electron chi connectivity index (χ1n) is 4.82. The van der Waals surface area contributed by atoms with Gasteiger partial charge >= 0.3 is 0 Å². The molecule has 1 aromatic carbocycles. The Labute approximate surface area is 83.7 Å². The van der Waals surface area contributed by atoms with Crippen LogP contribution in [-0.4, -0.2) is 0 Å². The molecule has 1 aromatic heterocycles. The van der Waals surface area contributed by atoms with E-state index in [2.05, 4.69) is 32.9 Å². The average molecular weight is 189 g/mol. The third-order valence-corrected chi connectivity index (χ3v) is 2.84. The first kappa shape index (κ1) is 9.28. The van der Waals surface area contributed by atoms with Gasteiger partial charge in [-0.05, 0) is 49.6 Å². The summed E-state index contributed by atoms with van der Waals surface area (Å²) in [6.45, 7) is 6.74. The molecule has 0 amide bonds. The van der Waals surface area contributed by atoms with E-state index in [4.69, 9.17) is 10.2 Å². The van der Waals surface area contributed by atoms with Gasteiger partial charge in [-0.15, -0.1) is 0 Å². The summed E-state index contributed by atoms with van der Waals surface area (Å²) in [5.74, 6) is 0.894. The number of aryl methyl sites for hydroxylation is 3. The largest absolute Gasteiger partial charge is 0.459 e. The predicted octanol–water partition coefficient (Wildman–Crippen LogP) is 2.82. The zero-order valence-corrected chi connectivity index (χ0v) is 8.85. The Morgan fingerprint density at radius 3 is 2.43 bits per heavy atom. The van der Waals surface area contributed by atoms with Crippen molar-refractivity contribution in [3.63, 3.8) is 0 Å². The highest BCUT2D eigenvalue weighted by atomic mass is 16.3. The van der Waals surface area contributed by atoms with Crippen LogP contribution in [0.3, 0.4) is 0 Å². The highest BCUT2D eigenvalue weighted by Crippen LogP contribution is 2.27. The molecule has 0 spiro atoms. The molecule has 0 saturated heterocycles. The summed E-state index contributed by atoms with van der Waals surface area (Å²) < 4.78 is 5.66. The van der Waals surface area contributed by atoms with Crippen LogP contribution in [0.15, 0.2) is 16.5 Å². The topological polar surface area (TPSA) is 39.2 Å². The van der Waals surface area contributed by atoms with Crippen LogP contribution >= 0.6 is 0 Å². The summed E-state index contributed by atoms with van der Waals surface area (Å²) in [5, 5.41) is 1.19. The second-order valence-corrected chi connectivity index (χ2v) is 3.79. The minimum absolute atomic E-state index is 0.471. The summed E-state index contributed by atoms with van der Waals surface area (Å²) in [4.78, 5) is 0. The Morgan fingerprint density at radius 2 is 1.79 bits per heavy atom. The molecule has 2 heteroatoms. The van der Waals surface area contributed by atoms with Gasteiger partial charge in [0, 0.05) is 5.39 Å². The number of hydrogen-bond donors (Lipinski definition) is 1. The van der Waals surface area contributed by atoms with Gasteiger partial charge in [0.1, 0.15) is 11.3 Å². The molecule has 2 N–H and O–H groups in total. The first-order valence-corrected chi connectivity index (χ1v) is 4.82. The summed E-state index contributed by atoms with van der Waals surface area (Å²) in [6, 6.07) is 4.25. The Kier molecular flexibility index (Phi) is 2.08. The van der Waals surface area contributed by atoms with Crippen LogP contribution in [0.5, 0.6) is 0 Å². The van der Waals surface area contributed by atoms with Crippen molar-refractivity contribution < 1.29 is 4.42 Å². The third kappa shape index (κ3) is 1.23. The monoisotopic (exact) mass is 189 g/mol. The number of rotatable bonds is 1. The van der Waals surface area contributed by atoms with E-state index >= 15 is 0 Å². The molecule has 0 aliphatic rings. The third-order valence-electron chi connectivity index (χ3n) is 2.84. The van der Waals surface area contributed by atoms with E-state index in [1.54, 1.807) is 0 Å². The highest BCUT2D eigenvalue weighted by Gasteiger charge is 2.09. The van der Waals surface area contributed by atoms with Gasteiger partial charge in [-0.25, -0.2) is 0 Å². The second kappa shape index (κ2) is 3.14. The van der Waals surface area contributed by atoms with E-state index in [-0.39, 0.29) is 0 Å². The molecule has 0 aliphatic heterocycles.